The van der Waals surface area contributed by atoms with Gasteiger partial charge in [-0.1, -0.05) is 18.2 Å². The molecule has 1 N–H and O–H groups in total. The number of likely N-dealkylation sites (tertiary alicyclic amines) is 1. The quantitative estimate of drug-likeness (QED) is 0.897. The number of benzene rings is 1. The minimum atomic E-state index is -0.475. The predicted molar refractivity (Wildman–Crippen MR) is 76.9 cm³/mol. The maximum absolute atomic E-state index is 9.99. The predicted octanol–water partition coefficient (Wildman–Crippen LogP) is 2.58. The van der Waals surface area contributed by atoms with Crippen LogP contribution >= 0.6 is 0 Å². The molecule has 0 atom stereocenters. The minimum Gasteiger partial charge on any atom is -0.390 e. The first-order valence-corrected chi connectivity index (χ1v) is 6.91. The lowest BCUT2D eigenvalue weighted by Crippen LogP contribution is -2.41. The number of piperidine rings is 1. The first-order chi connectivity index (χ1) is 9.14. The molecule has 0 radical (unpaired) electrons. The van der Waals surface area contributed by atoms with Gasteiger partial charge >= 0.3 is 0 Å². The molecule has 0 aliphatic carbocycles. The van der Waals surface area contributed by atoms with Crippen molar-refractivity contribution >= 4 is 10.9 Å². The van der Waals surface area contributed by atoms with E-state index in [4.69, 9.17) is 0 Å². The molecule has 3 heteroatoms. The number of para-hydroxylation sites is 1. The van der Waals surface area contributed by atoms with E-state index in [1.54, 1.807) is 0 Å². The van der Waals surface area contributed by atoms with Crippen LogP contribution < -0.4 is 0 Å². The van der Waals surface area contributed by atoms with Gasteiger partial charge in [0.2, 0.25) is 0 Å². The van der Waals surface area contributed by atoms with Crippen LogP contribution in [0, 0.1) is 0 Å². The largest absolute Gasteiger partial charge is 0.390 e. The molecule has 1 aliphatic rings. The number of pyridine rings is 1. The van der Waals surface area contributed by atoms with Crippen LogP contribution in [0.15, 0.2) is 36.5 Å². The van der Waals surface area contributed by atoms with Gasteiger partial charge < -0.3 is 5.11 Å². The van der Waals surface area contributed by atoms with Crippen molar-refractivity contribution in [1.29, 1.82) is 0 Å². The van der Waals surface area contributed by atoms with Gasteiger partial charge in [-0.15, -0.1) is 0 Å². The van der Waals surface area contributed by atoms with Crippen molar-refractivity contribution in [3.8, 4) is 0 Å². The summed E-state index contributed by atoms with van der Waals surface area (Å²) in [5, 5.41) is 11.2. The summed E-state index contributed by atoms with van der Waals surface area (Å²) in [6.07, 6.45) is 3.60. The lowest BCUT2D eigenvalue weighted by atomic mass is 9.93. The van der Waals surface area contributed by atoms with E-state index in [1.807, 2.05) is 19.2 Å². The van der Waals surface area contributed by atoms with E-state index < -0.39 is 5.60 Å². The van der Waals surface area contributed by atoms with Gasteiger partial charge in [0.15, 0.2) is 0 Å². The number of fused-ring (bicyclic) bond motifs is 1. The van der Waals surface area contributed by atoms with E-state index in [2.05, 4.69) is 34.1 Å². The topological polar surface area (TPSA) is 36.4 Å². The molecule has 1 saturated heterocycles. The van der Waals surface area contributed by atoms with Crippen LogP contribution in [0.2, 0.25) is 0 Å². The standard InChI is InChI=1S/C16H20N2O/c1-16(19)7-10-18(11-8-16)12-13-6-9-17-15-5-3-2-4-14(13)15/h2-6,9,19H,7-8,10-12H2,1H3. The number of nitrogens with zero attached hydrogens (tertiary/aromatic N) is 2. The fraction of sp³-hybridized carbons (Fsp3) is 0.438. The molecule has 0 unspecified atom stereocenters. The Bertz CT molecular complexity index is 564. The van der Waals surface area contributed by atoms with Crippen LogP contribution in [0.1, 0.15) is 25.3 Å². The Morgan fingerprint density at radius 2 is 1.95 bits per heavy atom. The van der Waals surface area contributed by atoms with E-state index in [1.165, 1.54) is 10.9 Å². The van der Waals surface area contributed by atoms with Crippen molar-refractivity contribution < 1.29 is 5.11 Å². The molecule has 3 nitrogen and oxygen atoms in total. The molecule has 1 aliphatic heterocycles. The summed E-state index contributed by atoms with van der Waals surface area (Å²) in [5.41, 5.74) is 1.91. The van der Waals surface area contributed by atoms with Gasteiger partial charge in [0.1, 0.15) is 0 Å². The van der Waals surface area contributed by atoms with Gasteiger partial charge in [-0.2, -0.15) is 0 Å². The number of hydrogen-bond donors (Lipinski definition) is 1. The zero-order valence-corrected chi connectivity index (χ0v) is 11.3. The normalized spacial score (nSPS) is 19.7. The summed E-state index contributed by atoms with van der Waals surface area (Å²) in [7, 11) is 0. The molecule has 0 saturated carbocycles. The lowest BCUT2D eigenvalue weighted by Gasteiger charge is -2.35. The Kier molecular flexibility index (Phi) is 3.25. The van der Waals surface area contributed by atoms with E-state index >= 15 is 0 Å². The summed E-state index contributed by atoms with van der Waals surface area (Å²) in [6, 6.07) is 10.4. The first kappa shape index (κ1) is 12.6. The van der Waals surface area contributed by atoms with Crippen LogP contribution in [0.4, 0.5) is 0 Å². The Labute approximate surface area is 113 Å². The highest BCUT2D eigenvalue weighted by molar-refractivity contribution is 5.81. The zero-order chi connectivity index (χ0) is 13.3. The maximum atomic E-state index is 9.99. The second-order valence-electron chi connectivity index (χ2n) is 5.76. The van der Waals surface area contributed by atoms with Gasteiger partial charge in [0.05, 0.1) is 11.1 Å². The molecule has 1 aromatic carbocycles. The summed E-state index contributed by atoms with van der Waals surface area (Å²) in [5.74, 6) is 0. The third-order valence-electron chi connectivity index (χ3n) is 4.07. The number of aliphatic hydroxyl groups is 1. The molecule has 1 fully saturated rings. The van der Waals surface area contributed by atoms with Crippen LogP contribution in [-0.2, 0) is 6.54 Å². The van der Waals surface area contributed by atoms with E-state index in [0.29, 0.717) is 0 Å². The Morgan fingerprint density at radius 1 is 1.21 bits per heavy atom. The van der Waals surface area contributed by atoms with Crippen molar-refractivity contribution in [3.63, 3.8) is 0 Å². The molecule has 0 bridgehead atoms. The summed E-state index contributed by atoms with van der Waals surface area (Å²) >= 11 is 0. The SMILES string of the molecule is CC1(O)CCN(Cc2ccnc3ccccc23)CC1. The third kappa shape index (κ3) is 2.77. The van der Waals surface area contributed by atoms with Gasteiger partial charge in [-0.05, 0) is 37.5 Å². The Balaban J connectivity index is 1.79. The van der Waals surface area contributed by atoms with Crippen molar-refractivity contribution in [1.82, 2.24) is 9.88 Å². The number of aromatic nitrogens is 1. The number of hydrogen-bond acceptors (Lipinski definition) is 3. The molecular formula is C16H20N2O. The summed E-state index contributed by atoms with van der Waals surface area (Å²) in [6.45, 7) is 4.80. The molecule has 3 rings (SSSR count). The Hall–Kier alpha value is -1.45. The van der Waals surface area contributed by atoms with Gasteiger partial charge in [-0.3, -0.25) is 9.88 Å². The molecule has 2 aromatic rings. The fourth-order valence-corrected chi connectivity index (χ4v) is 2.73. The highest BCUT2D eigenvalue weighted by Gasteiger charge is 2.27. The van der Waals surface area contributed by atoms with Crippen LogP contribution in [-0.4, -0.2) is 33.7 Å². The second-order valence-corrected chi connectivity index (χ2v) is 5.76. The molecule has 0 spiro atoms. The average molecular weight is 256 g/mol. The summed E-state index contributed by atoms with van der Waals surface area (Å²) < 4.78 is 0. The van der Waals surface area contributed by atoms with Crippen LogP contribution in [0.3, 0.4) is 0 Å². The maximum Gasteiger partial charge on any atom is 0.0705 e. The molecule has 19 heavy (non-hydrogen) atoms. The minimum absolute atomic E-state index is 0.475. The zero-order valence-electron chi connectivity index (χ0n) is 11.3. The van der Waals surface area contributed by atoms with Gasteiger partial charge in [-0.25, -0.2) is 0 Å². The van der Waals surface area contributed by atoms with Crippen molar-refractivity contribution in [2.24, 2.45) is 0 Å². The molecular weight excluding hydrogens is 236 g/mol. The second kappa shape index (κ2) is 4.91. The van der Waals surface area contributed by atoms with E-state index in [0.717, 1.165) is 38.0 Å². The van der Waals surface area contributed by atoms with Crippen LogP contribution in [0.5, 0.6) is 0 Å². The van der Waals surface area contributed by atoms with Crippen LogP contribution in [0.25, 0.3) is 10.9 Å². The van der Waals surface area contributed by atoms with Gasteiger partial charge in [0.25, 0.3) is 0 Å². The van der Waals surface area contributed by atoms with Crippen molar-refractivity contribution in [2.45, 2.75) is 31.9 Å². The molecule has 100 valence electrons. The van der Waals surface area contributed by atoms with E-state index in [-0.39, 0.29) is 0 Å². The smallest absolute Gasteiger partial charge is 0.0705 e. The van der Waals surface area contributed by atoms with Crippen molar-refractivity contribution in [3.05, 3.63) is 42.1 Å². The molecule has 0 amide bonds. The monoisotopic (exact) mass is 256 g/mol. The Morgan fingerprint density at radius 3 is 2.74 bits per heavy atom. The molecule has 2 heterocycles. The average Bonchev–Trinajstić information content (AvgIpc) is 2.42. The van der Waals surface area contributed by atoms with Gasteiger partial charge in [0, 0.05) is 31.2 Å². The van der Waals surface area contributed by atoms with Crippen molar-refractivity contribution in [2.75, 3.05) is 13.1 Å². The highest BCUT2D eigenvalue weighted by Crippen LogP contribution is 2.24. The van der Waals surface area contributed by atoms with E-state index in [9.17, 15) is 5.11 Å². The fourth-order valence-electron chi connectivity index (χ4n) is 2.73. The third-order valence-corrected chi connectivity index (χ3v) is 4.07. The number of rotatable bonds is 2. The first-order valence-electron chi connectivity index (χ1n) is 6.91. The summed E-state index contributed by atoms with van der Waals surface area (Å²) in [4.78, 5) is 6.82. The lowest BCUT2D eigenvalue weighted by molar-refractivity contribution is -0.00720. The highest BCUT2D eigenvalue weighted by atomic mass is 16.3. The molecule has 1 aromatic heterocycles.